The molecule has 0 radical (unpaired) electrons. The molecule has 0 aliphatic heterocycles. The molecule has 1 nitrogen and oxygen atoms in total. The van der Waals surface area contributed by atoms with E-state index in [0.29, 0.717) is 4.71 Å². The van der Waals surface area contributed by atoms with Crippen molar-refractivity contribution in [3.8, 4) is 0 Å². The summed E-state index contributed by atoms with van der Waals surface area (Å²) < 4.78 is 9.37. The molecule has 3 heteroatoms. The Balaban J connectivity index is 3.17. The Bertz CT molecular complexity index is 40.5. The molecule has 0 saturated carbocycles. The van der Waals surface area contributed by atoms with Crippen molar-refractivity contribution in [1.82, 2.24) is 0 Å². The van der Waals surface area contributed by atoms with Crippen LogP contribution in [0.2, 0.25) is 11.5 Å². The normalized spacial score (nSPS) is 12.0. The zero-order chi connectivity index (χ0) is 5.21. The van der Waals surface area contributed by atoms with Gasteiger partial charge in [-0.15, -0.1) is 0 Å². The average Bonchev–Trinajstić information content (AvgIpc) is 1.35. The molecule has 0 fully saturated rings. The molecule has 0 heterocycles. The molecular weight excluding hydrogens is 160 g/mol. The van der Waals surface area contributed by atoms with E-state index >= 15 is 0 Å². The van der Waals surface area contributed by atoms with Gasteiger partial charge in [0.15, 0.2) is 0 Å². The Morgan fingerprint density at radius 3 is 1.83 bits per heavy atom. The molecule has 6 heavy (non-hydrogen) atoms. The van der Waals surface area contributed by atoms with Crippen molar-refractivity contribution in [2.75, 3.05) is 4.71 Å². The Kier molecular flexibility index (Phi) is 2.48. The first-order valence-corrected chi connectivity index (χ1v) is 9.00. The summed E-state index contributed by atoms with van der Waals surface area (Å²) in [6.45, 7) is 0. The second-order valence-corrected chi connectivity index (χ2v) is 11.5. The summed E-state index contributed by atoms with van der Waals surface area (Å²) in [4.78, 5) is 0. The predicted molar refractivity (Wildman–Crippen MR) is 30.4 cm³/mol. The first kappa shape index (κ1) is 6.79. The van der Waals surface area contributed by atoms with Crippen LogP contribution in [0.1, 0.15) is 0 Å². The maximum atomic E-state index is 8.88. The Morgan fingerprint density at radius 2 is 1.83 bits per heavy atom. The third-order valence-corrected chi connectivity index (χ3v) is 5.10. The van der Waals surface area contributed by atoms with Crippen LogP contribution in [0.15, 0.2) is 0 Å². The van der Waals surface area contributed by atoms with E-state index in [0.717, 1.165) is 0 Å². The number of hydrogen-bond donors (Lipinski definition) is 1. The molecule has 0 aliphatic carbocycles. The third-order valence-electron chi connectivity index (χ3n) is 0.327. The van der Waals surface area contributed by atoms with Crippen molar-refractivity contribution in [2.45, 2.75) is 11.5 Å². The van der Waals surface area contributed by atoms with Gasteiger partial charge in [-0.25, -0.2) is 0 Å². The molecule has 0 atom stereocenters. The van der Waals surface area contributed by atoms with Crippen LogP contribution in [0.25, 0.3) is 0 Å². The van der Waals surface area contributed by atoms with E-state index in [-0.39, 0.29) is 0 Å². The van der Waals surface area contributed by atoms with Crippen molar-refractivity contribution in [3.05, 3.63) is 0 Å². The summed E-state index contributed by atoms with van der Waals surface area (Å²) in [6, 6.07) is 0. The number of rotatable bonds is 1. The molecule has 0 spiro atoms. The SMILES string of the molecule is [CH3][Ge]([CH3])([OH])[CH2]Cl. The Labute approximate surface area is 46.0 Å². The Morgan fingerprint density at radius 1 is 1.67 bits per heavy atom. The quantitative estimate of drug-likeness (QED) is 0.458. The molecule has 0 aliphatic rings. The van der Waals surface area contributed by atoms with E-state index in [1.54, 1.807) is 0 Å². The van der Waals surface area contributed by atoms with Crippen LogP contribution in [0.3, 0.4) is 0 Å². The van der Waals surface area contributed by atoms with Gasteiger partial charge in [-0.05, 0) is 0 Å². The fourth-order valence-corrected chi connectivity index (χ4v) is 0. The average molecular weight is 169 g/mol. The first-order chi connectivity index (χ1) is 2.56. The topological polar surface area (TPSA) is 20.2 Å². The van der Waals surface area contributed by atoms with Crippen molar-refractivity contribution < 1.29 is 4.13 Å². The van der Waals surface area contributed by atoms with Crippen LogP contribution < -0.4 is 0 Å². The van der Waals surface area contributed by atoms with Crippen LogP contribution in [0.5, 0.6) is 0 Å². The van der Waals surface area contributed by atoms with E-state index in [1.165, 1.54) is 0 Å². The molecule has 38 valence electrons. The summed E-state index contributed by atoms with van der Waals surface area (Å²) in [6.07, 6.45) is 0. The fraction of sp³-hybridized carbons (Fsp3) is 1.00. The van der Waals surface area contributed by atoms with E-state index in [1.807, 2.05) is 11.5 Å². The monoisotopic (exact) mass is 170 g/mol. The molecule has 0 amide bonds. The number of halogens is 1. The van der Waals surface area contributed by atoms with Gasteiger partial charge >= 0.3 is 45.6 Å². The minimum atomic E-state index is -2.28. The fourth-order valence-electron chi connectivity index (χ4n) is 0. The van der Waals surface area contributed by atoms with Crippen LogP contribution in [-0.4, -0.2) is 22.4 Å². The summed E-state index contributed by atoms with van der Waals surface area (Å²) in [7, 11) is 0. The van der Waals surface area contributed by atoms with Gasteiger partial charge in [0, 0.05) is 0 Å². The molecule has 0 aromatic rings. The summed E-state index contributed by atoms with van der Waals surface area (Å²) in [5.41, 5.74) is 0. The van der Waals surface area contributed by atoms with E-state index in [2.05, 4.69) is 0 Å². The summed E-state index contributed by atoms with van der Waals surface area (Å²) >= 11 is 3.03. The number of alkyl halides is 1. The zero-order valence-corrected chi connectivity index (χ0v) is 6.89. The van der Waals surface area contributed by atoms with Gasteiger partial charge in [-0.3, -0.25) is 0 Å². The minimum absolute atomic E-state index is 0.486. The van der Waals surface area contributed by atoms with E-state index in [9.17, 15) is 0 Å². The van der Waals surface area contributed by atoms with Gasteiger partial charge in [0.2, 0.25) is 0 Å². The van der Waals surface area contributed by atoms with Crippen molar-refractivity contribution in [1.29, 1.82) is 0 Å². The van der Waals surface area contributed by atoms with Gasteiger partial charge in [0.05, 0.1) is 0 Å². The molecule has 1 N–H and O–H groups in total. The molecule has 0 aromatic carbocycles. The second kappa shape index (κ2) is 2.19. The van der Waals surface area contributed by atoms with E-state index in [4.69, 9.17) is 15.7 Å². The third kappa shape index (κ3) is 4.79. The predicted octanol–water partition coefficient (Wildman–Crippen LogP) is 0.962. The van der Waals surface area contributed by atoms with Gasteiger partial charge in [-0.2, -0.15) is 0 Å². The Hall–Kier alpha value is 0.793. The maximum absolute atomic E-state index is 8.88. The van der Waals surface area contributed by atoms with Gasteiger partial charge in [-0.1, -0.05) is 0 Å². The van der Waals surface area contributed by atoms with Gasteiger partial charge in [0.1, 0.15) is 0 Å². The zero-order valence-electron chi connectivity index (χ0n) is 4.03. The van der Waals surface area contributed by atoms with Gasteiger partial charge in [0.25, 0.3) is 0 Å². The summed E-state index contributed by atoms with van der Waals surface area (Å²) in [5, 5.41) is 0. The molecule has 0 aromatic heterocycles. The number of hydrogen-bond acceptors (Lipinski definition) is 1. The molecule has 0 saturated heterocycles. The molecule has 0 rings (SSSR count). The van der Waals surface area contributed by atoms with Crippen LogP contribution in [0, 0.1) is 0 Å². The van der Waals surface area contributed by atoms with E-state index < -0.39 is 13.6 Å². The second-order valence-electron chi connectivity index (χ2n) is 1.95. The van der Waals surface area contributed by atoms with Crippen LogP contribution >= 0.6 is 11.6 Å². The van der Waals surface area contributed by atoms with Crippen LogP contribution in [0.4, 0.5) is 0 Å². The molecule has 0 unspecified atom stereocenters. The van der Waals surface area contributed by atoms with Crippen LogP contribution in [-0.2, 0) is 0 Å². The molecule has 0 bridgehead atoms. The van der Waals surface area contributed by atoms with Crippen molar-refractivity contribution in [2.24, 2.45) is 0 Å². The van der Waals surface area contributed by atoms with Crippen molar-refractivity contribution in [3.63, 3.8) is 0 Å². The molecular formula is C3H9ClGeO. The van der Waals surface area contributed by atoms with Crippen molar-refractivity contribution >= 4 is 25.2 Å². The summed E-state index contributed by atoms with van der Waals surface area (Å²) in [5.74, 6) is 3.71. The standard InChI is InChI=1S/C3H9ClGeO/c1-5(2,6)3-4/h6H,3H2,1-2H3. The first-order valence-electron chi connectivity index (χ1n) is 1.84. The van der Waals surface area contributed by atoms with Gasteiger partial charge < -0.3 is 0 Å².